The highest BCUT2D eigenvalue weighted by atomic mass is 19.1. The molecule has 1 fully saturated rings. The van der Waals surface area contributed by atoms with E-state index in [1.165, 1.54) is 31.4 Å². The van der Waals surface area contributed by atoms with E-state index < -0.39 is 0 Å². The lowest BCUT2D eigenvalue weighted by Crippen LogP contribution is -2.44. The number of carbonyl (C=O) groups is 1. The summed E-state index contributed by atoms with van der Waals surface area (Å²) in [5.41, 5.74) is 0.587. The number of carbonyl (C=O) groups excluding carboxylic acids is 1. The fourth-order valence-electron chi connectivity index (χ4n) is 3.29. The summed E-state index contributed by atoms with van der Waals surface area (Å²) in [4.78, 5) is 14.8. The van der Waals surface area contributed by atoms with E-state index >= 15 is 0 Å². The highest BCUT2D eigenvalue weighted by Gasteiger charge is 2.25. The van der Waals surface area contributed by atoms with Gasteiger partial charge in [-0.15, -0.1) is 0 Å². The van der Waals surface area contributed by atoms with Crippen molar-refractivity contribution >= 4 is 11.6 Å². The summed E-state index contributed by atoms with van der Waals surface area (Å²) in [6.07, 6.45) is 5.35. The lowest BCUT2D eigenvalue weighted by Gasteiger charge is -2.34. The second-order valence-electron chi connectivity index (χ2n) is 6.75. The molecule has 0 radical (unpaired) electrons. The van der Waals surface area contributed by atoms with Gasteiger partial charge in [-0.2, -0.15) is 0 Å². The normalized spacial score (nSPS) is 17.6. The van der Waals surface area contributed by atoms with Crippen LogP contribution in [0.25, 0.3) is 0 Å². The molecule has 140 valence electrons. The lowest BCUT2D eigenvalue weighted by molar-refractivity contribution is -0.117. The minimum atomic E-state index is -0.373. The Morgan fingerprint density at radius 1 is 1.19 bits per heavy atom. The Morgan fingerprint density at radius 2 is 1.92 bits per heavy atom. The quantitative estimate of drug-likeness (QED) is 0.794. The molecule has 0 aliphatic carbocycles. The number of nitrogens with one attached hydrogen (secondary N) is 2. The van der Waals surface area contributed by atoms with Gasteiger partial charge in [-0.05, 0) is 69.3 Å². The van der Waals surface area contributed by atoms with Gasteiger partial charge in [0.25, 0.3) is 0 Å². The molecule has 0 unspecified atom stereocenters. The first-order chi connectivity index (χ1) is 12.6. The smallest absolute Gasteiger partial charge is 0.241 e. The number of piperidine rings is 1. The summed E-state index contributed by atoms with van der Waals surface area (Å²) in [6.45, 7) is 4.55. The molecule has 0 spiro atoms. The molecule has 1 aromatic heterocycles. The summed E-state index contributed by atoms with van der Waals surface area (Å²) >= 11 is 0. The van der Waals surface area contributed by atoms with Gasteiger partial charge in [0.2, 0.25) is 5.91 Å². The molecule has 3 rings (SSSR count). The molecular weight excluding hydrogens is 333 g/mol. The SMILES string of the molecule is C[C@H](NC[C@H](c1ccco1)N1CCCCC1)C(=O)Nc1ccc(F)cc1. The molecule has 1 aliphatic rings. The molecule has 0 saturated carbocycles. The number of furan rings is 1. The third-order valence-electron chi connectivity index (χ3n) is 4.83. The van der Waals surface area contributed by atoms with Gasteiger partial charge in [-0.3, -0.25) is 9.69 Å². The first-order valence-electron chi connectivity index (χ1n) is 9.21. The summed E-state index contributed by atoms with van der Waals surface area (Å²) in [6, 6.07) is 9.40. The van der Waals surface area contributed by atoms with Crippen LogP contribution < -0.4 is 10.6 Å². The number of amides is 1. The second kappa shape index (κ2) is 8.96. The van der Waals surface area contributed by atoms with Crippen molar-refractivity contribution in [1.82, 2.24) is 10.2 Å². The Labute approximate surface area is 153 Å². The van der Waals surface area contributed by atoms with Crippen LogP contribution in [0.4, 0.5) is 10.1 Å². The van der Waals surface area contributed by atoms with Gasteiger partial charge in [0.15, 0.2) is 0 Å². The molecule has 1 amide bonds. The van der Waals surface area contributed by atoms with E-state index in [9.17, 15) is 9.18 Å². The first kappa shape index (κ1) is 18.6. The van der Waals surface area contributed by atoms with E-state index in [1.54, 1.807) is 18.4 Å². The van der Waals surface area contributed by atoms with Crippen LogP contribution in [0.15, 0.2) is 47.1 Å². The fraction of sp³-hybridized carbons (Fsp3) is 0.450. The van der Waals surface area contributed by atoms with E-state index in [1.807, 2.05) is 19.1 Å². The first-order valence-corrected chi connectivity index (χ1v) is 9.21. The summed E-state index contributed by atoms with van der Waals surface area (Å²) < 4.78 is 18.6. The van der Waals surface area contributed by atoms with Crippen molar-refractivity contribution in [1.29, 1.82) is 0 Å². The maximum Gasteiger partial charge on any atom is 0.241 e. The Kier molecular flexibility index (Phi) is 6.41. The molecule has 1 aliphatic heterocycles. The molecule has 26 heavy (non-hydrogen) atoms. The minimum Gasteiger partial charge on any atom is -0.468 e. The van der Waals surface area contributed by atoms with Crippen molar-refractivity contribution in [2.75, 3.05) is 25.0 Å². The van der Waals surface area contributed by atoms with E-state index in [0.717, 1.165) is 18.8 Å². The molecule has 1 saturated heterocycles. The molecule has 2 N–H and O–H groups in total. The van der Waals surface area contributed by atoms with Crippen LogP contribution in [0, 0.1) is 5.82 Å². The van der Waals surface area contributed by atoms with Gasteiger partial charge in [0.05, 0.1) is 18.3 Å². The van der Waals surface area contributed by atoms with E-state index in [2.05, 4.69) is 15.5 Å². The Hall–Kier alpha value is -2.18. The van der Waals surface area contributed by atoms with Crippen LogP contribution in [0.2, 0.25) is 0 Å². The zero-order valence-electron chi connectivity index (χ0n) is 15.1. The topological polar surface area (TPSA) is 57.5 Å². The van der Waals surface area contributed by atoms with Crippen molar-refractivity contribution in [3.05, 3.63) is 54.2 Å². The fourth-order valence-corrected chi connectivity index (χ4v) is 3.29. The monoisotopic (exact) mass is 359 g/mol. The van der Waals surface area contributed by atoms with Crippen LogP contribution in [-0.4, -0.2) is 36.5 Å². The van der Waals surface area contributed by atoms with Gasteiger partial charge < -0.3 is 15.1 Å². The Bertz CT molecular complexity index is 682. The lowest BCUT2D eigenvalue weighted by atomic mass is 10.1. The van der Waals surface area contributed by atoms with Gasteiger partial charge >= 0.3 is 0 Å². The molecule has 0 bridgehead atoms. The van der Waals surface area contributed by atoms with Crippen LogP contribution in [0.3, 0.4) is 0 Å². The van der Waals surface area contributed by atoms with Gasteiger partial charge in [0.1, 0.15) is 11.6 Å². The summed E-state index contributed by atoms with van der Waals surface area (Å²) in [5.74, 6) is 0.455. The highest BCUT2D eigenvalue weighted by Crippen LogP contribution is 2.24. The van der Waals surface area contributed by atoms with Gasteiger partial charge in [-0.25, -0.2) is 4.39 Å². The predicted octanol–water partition coefficient (Wildman–Crippen LogP) is 3.56. The maximum absolute atomic E-state index is 13.0. The van der Waals surface area contributed by atoms with Crippen molar-refractivity contribution in [2.24, 2.45) is 0 Å². The molecule has 1 aromatic carbocycles. The zero-order valence-corrected chi connectivity index (χ0v) is 15.1. The molecular formula is C20H26FN3O2. The third kappa shape index (κ3) is 4.93. The van der Waals surface area contributed by atoms with Gasteiger partial charge in [-0.1, -0.05) is 6.42 Å². The number of hydrogen-bond donors (Lipinski definition) is 2. The summed E-state index contributed by atoms with van der Waals surface area (Å²) in [7, 11) is 0. The zero-order chi connectivity index (χ0) is 18.4. The highest BCUT2D eigenvalue weighted by molar-refractivity contribution is 5.94. The number of hydrogen-bond acceptors (Lipinski definition) is 4. The molecule has 5 nitrogen and oxygen atoms in total. The standard InChI is InChI=1S/C20H26FN3O2/c1-15(20(25)23-17-9-7-16(21)8-10-17)22-14-18(19-6-5-13-26-19)24-11-3-2-4-12-24/h5-10,13,15,18,22H,2-4,11-12,14H2,1H3,(H,23,25)/t15-,18+/m0/s1. The second-order valence-corrected chi connectivity index (χ2v) is 6.75. The molecule has 2 aromatic rings. The minimum absolute atomic E-state index is 0.117. The van der Waals surface area contributed by atoms with Crippen LogP contribution in [0.1, 0.15) is 38.0 Å². The number of benzene rings is 1. The van der Waals surface area contributed by atoms with Crippen molar-refractivity contribution in [3.8, 4) is 0 Å². The molecule has 6 heteroatoms. The third-order valence-corrected chi connectivity index (χ3v) is 4.83. The maximum atomic E-state index is 13.0. The average molecular weight is 359 g/mol. The van der Waals surface area contributed by atoms with Crippen LogP contribution in [0.5, 0.6) is 0 Å². The van der Waals surface area contributed by atoms with Crippen molar-refractivity contribution < 1.29 is 13.6 Å². The number of anilines is 1. The van der Waals surface area contributed by atoms with E-state index in [0.29, 0.717) is 12.2 Å². The summed E-state index contributed by atoms with van der Waals surface area (Å²) in [5, 5.41) is 6.11. The number of nitrogens with zero attached hydrogens (tertiary/aromatic N) is 1. The Morgan fingerprint density at radius 3 is 2.58 bits per heavy atom. The number of halogens is 1. The van der Waals surface area contributed by atoms with Gasteiger partial charge in [0, 0.05) is 12.2 Å². The number of rotatable bonds is 7. The molecule has 2 heterocycles. The van der Waals surface area contributed by atoms with Crippen molar-refractivity contribution in [2.45, 2.75) is 38.3 Å². The molecule has 2 atom stereocenters. The van der Waals surface area contributed by atoms with E-state index in [-0.39, 0.29) is 23.8 Å². The van der Waals surface area contributed by atoms with E-state index in [4.69, 9.17) is 4.42 Å². The van der Waals surface area contributed by atoms with Crippen molar-refractivity contribution in [3.63, 3.8) is 0 Å². The average Bonchev–Trinajstić information content (AvgIpc) is 3.19. The Balaban J connectivity index is 1.57. The van der Waals surface area contributed by atoms with Crippen LogP contribution >= 0.6 is 0 Å². The number of likely N-dealkylation sites (tertiary alicyclic amines) is 1. The predicted molar refractivity (Wildman–Crippen MR) is 99.4 cm³/mol. The largest absolute Gasteiger partial charge is 0.468 e. The van der Waals surface area contributed by atoms with Crippen LogP contribution in [-0.2, 0) is 4.79 Å².